The number of ether oxygens (including phenoxy) is 2. The summed E-state index contributed by atoms with van der Waals surface area (Å²) in [4.78, 5) is 13.6. The lowest BCUT2D eigenvalue weighted by Crippen LogP contribution is -2.26. The Balaban J connectivity index is 2.21. The number of carbonyl (C=O) groups excluding carboxylic acids is 1. The number of amides is 1. The van der Waals surface area contributed by atoms with Crippen molar-refractivity contribution in [2.45, 2.75) is 13.2 Å². The van der Waals surface area contributed by atoms with Gasteiger partial charge in [0, 0.05) is 30.8 Å². The quantitative estimate of drug-likeness (QED) is 0.738. The summed E-state index contributed by atoms with van der Waals surface area (Å²) in [5.41, 5.74) is 0.177. The summed E-state index contributed by atoms with van der Waals surface area (Å²) in [5.74, 6) is -2.30. The summed E-state index contributed by atoms with van der Waals surface area (Å²) in [6.07, 6.45) is 0. The first-order chi connectivity index (χ1) is 11.8. The summed E-state index contributed by atoms with van der Waals surface area (Å²) in [5, 5.41) is 0. The van der Waals surface area contributed by atoms with Crippen LogP contribution in [-0.2, 0) is 6.54 Å². The summed E-state index contributed by atoms with van der Waals surface area (Å²) in [6.45, 7) is -3.20. The average molecular weight is 357 g/mol. The molecule has 0 saturated carbocycles. The molecule has 0 saturated heterocycles. The average Bonchev–Trinajstić information content (AvgIpc) is 2.56. The number of rotatable bonds is 6. The van der Waals surface area contributed by atoms with Crippen LogP contribution < -0.4 is 9.47 Å². The maximum absolute atomic E-state index is 13.7. The van der Waals surface area contributed by atoms with Crippen molar-refractivity contribution >= 4 is 5.91 Å². The number of nitrogens with zero attached hydrogens (tertiary/aromatic N) is 1. The topological polar surface area (TPSA) is 38.8 Å². The number of methoxy groups -OCH3 is 1. The Bertz CT molecular complexity index is 768. The van der Waals surface area contributed by atoms with E-state index in [2.05, 4.69) is 4.74 Å². The molecule has 8 heteroatoms. The normalized spacial score (nSPS) is 10.7. The smallest absolute Gasteiger partial charge is 0.387 e. The second kappa shape index (κ2) is 7.87. The maximum atomic E-state index is 13.7. The van der Waals surface area contributed by atoms with Crippen LogP contribution >= 0.6 is 0 Å². The first-order valence-corrected chi connectivity index (χ1v) is 7.14. The molecule has 0 aliphatic rings. The molecule has 1 amide bonds. The van der Waals surface area contributed by atoms with Crippen LogP contribution in [0.2, 0.25) is 0 Å². The van der Waals surface area contributed by atoms with Crippen LogP contribution in [0.15, 0.2) is 36.4 Å². The minimum Gasteiger partial charge on any atom is -0.493 e. The minimum atomic E-state index is -3.08. The summed E-state index contributed by atoms with van der Waals surface area (Å²) in [7, 11) is 2.68. The van der Waals surface area contributed by atoms with Gasteiger partial charge < -0.3 is 14.4 Å². The van der Waals surface area contributed by atoms with Crippen LogP contribution in [0.5, 0.6) is 11.5 Å². The zero-order valence-electron chi connectivity index (χ0n) is 13.4. The predicted octanol–water partition coefficient (Wildman–Crippen LogP) is 3.85. The van der Waals surface area contributed by atoms with Gasteiger partial charge in [-0.1, -0.05) is 6.07 Å². The van der Waals surface area contributed by atoms with Crippen molar-refractivity contribution in [2.24, 2.45) is 0 Å². The lowest BCUT2D eigenvalue weighted by molar-refractivity contribution is -0.0512. The van der Waals surface area contributed by atoms with Gasteiger partial charge in [0.1, 0.15) is 11.6 Å². The zero-order valence-corrected chi connectivity index (χ0v) is 13.4. The molecule has 2 aromatic rings. The number of carbonyl (C=O) groups is 1. The predicted molar refractivity (Wildman–Crippen MR) is 81.8 cm³/mol. The Morgan fingerprint density at radius 2 is 1.84 bits per heavy atom. The molecule has 0 aromatic heterocycles. The van der Waals surface area contributed by atoms with Crippen LogP contribution in [-0.4, -0.2) is 31.6 Å². The molecule has 0 aliphatic heterocycles. The van der Waals surface area contributed by atoms with Gasteiger partial charge in [0.2, 0.25) is 0 Å². The molecule has 134 valence electrons. The van der Waals surface area contributed by atoms with E-state index in [1.165, 1.54) is 37.3 Å². The monoisotopic (exact) mass is 357 g/mol. The maximum Gasteiger partial charge on any atom is 0.387 e. The van der Waals surface area contributed by atoms with E-state index in [0.717, 1.165) is 18.2 Å². The van der Waals surface area contributed by atoms with E-state index in [9.17, 15) is 22.4 Å². The summed E-state index contributed by atoms with van der Waals surface area (Å²) < 4.78 is 60.7. The largest absolute Gasteiger partial charge is 0.493 e. The Morgan fingerprint density at radius 1 is 1.12 bits per heavy atom. The van der Waals surface area contributed by atoms with Crippen molar-refractivity contribution in [3.63, 3.8) is 0 Å². The van der Waals surface area contributed by atoms with Crippen molar-refractivity contribution in [1.29, 1.82) is 0 Å². The van der Waals surface area contributed by atoms with Gasteiger partial charge in [0.05, 0.1) is 7.11 Å². The second-order valence-corrected chi connectivity index (χ2v) is 5.14. The fraction of sp³-hybridized carbons (Fsp3) is 0.235. The van der Waals surface area contributed by atoms with Crippen LogP contribution in [0.3, 0.4) is 0 Å². The van der Waals surface area contributed by atoms with E-state index in [0.29, 0.717) is 0 Å². The highest BCUT2D eigenvalue weighted by Crippen LogP contribution is 2.30. The highest BCUT2D eigenvalue weighted by Gasteiger charge is 2.18. The molecular formula is C17H15F4NO3. The number of hydrogen-bond acceptors (Lipinski definition) is 3. The van der Waals surface area contributed by atoms with Gasteiger partial charge in [-0.15, -0.1) is 0 Å². The third-order valence-corrected chi connectivity index (χ3v) is 3.40. The fourth-order valence-corrected chi connectivity index (χ4v) is 2.20. The van der Waals surface area contributed by atoms with Crippen molar-refractivity contribution in [2.75, 3.05) is 14.2 Å². The third-order valence-electron chi connectivity index (χ3n) is 3.40. The molecule has 0 aliphatic carbocycles. The van der Waals surface area contributed by atoms with Crippen LogP contribution in [0, 0.1) is 11.6 Å². The van der Waals surface area contributed by atoms with Crippen molar-refractivity contribution in [1.82, 2.24) is 4.90 Å². The first-order valence-electron chi connectivity index (χ1n) is 7.14. The van der Waals surface area contributed by atoms with Crippen LogP contribution in [0.4, 0.5) is 17.6 Å². The molecule has 2 aromatic carbocycles. The summed E-state index contributed by atoms with van der Waals surface area (Å²) in [6, 6.07) is 6.83. The SMILES string of the molecule is COc1ccc(C(=O)N(C)Cc2ccc(F)cc2F)cc1OC(F)F. The first kappa shape index (κ1) is 18.6. The zero-order chi connectivity index (χ0) is 18.6. The van der Waals surface area contributed by atoms with Gasteiger partial charge in [0.25, 0.3) is 5.91 Å². The molecular weight excluding hydrogens is 342 g/mol. The van der Waals surface area contributed by atoms with E-state index in [4.69, 9.17) is 4.74 Å². The van der Waals surface area contributed by atoms with E-state index >= 15 is 0 Å². The van der Waals surface area contributed by atoms with E-state index < -0.39 is 24.2 Å². The molecule has 0 spiro atoms. The Hall–Kier alpha value is -2.77. The molecule has 0 fully saturated rings. The standard InChI is InChI=1S/C17H15F4NO3/c1-22(9-11-3-5-12(18)8-13(11)19)16(23)10-4-6-14(24-2)15(7-10)25-17(20)21/h3-8,17H,9H2,1-2H3. The van der Waals surface area contributed by atoms with E-state index in [1.807, 2.05) is 0 Å². The molecule has 0 radical (unpaired) electrons. The minimum absolute atomic E-state index is 0.0454. The van der Waals surface area contributed by atoms with Crippen molar-refractivity contribution in [3.05, 3.63) is 59.2 Å². The third kappa shape index (κ3) is 4.62. The lowest BCUT2D eigenvalue weighted by atomic mass is 10.1. The van der Waals surface area contributed by atoms with E-state index in [-0.39, 0.29) is 29.2 Å². The van der Waals surface area contributed by atoms with Gasteiger partial charge in [-0.3, -0.25) is 4.79 Å². The molecule has 0 heterocycles. The van der Waals surface area contributed by atoms with Crippen LogP contribution in [0.1, 0.15) is 15.9 Å². The fourth-order valence-electron chi connectivity index (χ4n) is 2.20. The molecule has 0 N–H and O–H groups in total. The van der Waals surface area contributed by atoms with Gasteiger partial charge in [-0.25, -0.2) is 8.78 Å². The number of alkyl halides is 2. The Labute approximate surface area is 141 Å². The molecule has 2 rings (SSSR count). The van der Waals surface area contributed by atoms with Gasteiger partial charge in [-0.05, 0) is 24.3 Å². The van der Waals surface area contributed by atoms with Gasteiger partial charge >= 0.3 is 6.61 Å². The molecule has 4 nitrogen and oxygen atoms in total. The van der Waals surface area contributed by atoms with Crippen molar-refractivity contribution in [3.8, 4) is 11.5 Å². The lowest BCUT2D eigenvalue weighted by Gasteiger charge is -2.19. The molecule has 0 unspecified atom stereocenters. The number of halogens is 4. The summed E-state index contributed by atoms with van der Waals surface area (Å²) >= 11 is 0. The Kier molecular flexibility index (Phi) is 5.84. The molecule has 25 heavy (non-hydrogen) atoms. The number of benzene rings is 2. The molecule has 0 atom stereocenters. The van der Waals surface area contributed by atoms with E-state index in [1.54, 1.807) is 0 Å². The van der Waals surface area contributed by atoms with Crippen molar-refractivity contribution < 1.29 is 31.8 Å². The molecule has 0 bridgehead atoms. The second-order valence-electron chi connectivity index (χ2n) is 5.14. The van der Waals surface area contributed by atoms with Crippen LogP contribution in [0.25, 0.3) is 0 Å². The highest BCUT2D eigenvalue weighted by molar-refractivity contribution is 5.94. The highest BCUT2D eigenvalue weighted by atomic mass is 19.3. The Morgan fingerprint density at radius 3 is 2.44 bits per heavy atom. The van der Waals surface area contributed by atoms with Gasteiger partial charge in [-0.2, -0.15) is 8.78 Å². The number of hydrogen-bond donors (Lipinski definition) is 0. The van der Waals surface area contributed by atoms with Gasteiger partial charge in [0.15, 0.2) is 11.5 Å².